The Balaban J connectivity index is 1.94. The number of allylic oxidation sites excluding steroid dienone is 2. The Hall–Kier alpha value is -2.28. The second kappa shape index (κ2) is 2.59. The number of epoxide rings is 1. The number of rotatable bonds is 0. The molecule has 1 fully saturated rings. The van der Waals surface area contributed by atoms with Crippen molar-refractivity contribution in [3.63, 3.8) is 0 Å². The maximum Gasteiger partial charge on any atom is 0.216 e. The van der Waals surface area contributed by atoms with Crippen molar-refractivity contribution in [2.75, 3.05) is 0 Å². The number of fused-ring (bicyclic) bond motifs is 3. The third-order valence-electron chi connectivity index (χ3n) is 4.17. The van der Waals surface area contributed by atoms with E-state index in [1.54, 1.807) is 0 Å². The SMILES string of the molecule is C1=Cc2c(ccc3ccccc23)[C@]23OC2=CC=C13. The van der Waals surface area contributed by atoms with Gasteiger partial charge in [-0.2, -0.15) is 0 Å². The van der Waals surface area contributed by atoms with Gasteiger partial charge in [-0.3, -0.25) is 0 Å². The molecule has 0 N–H and O–H groups in total. The van der Waals surface area contributed by atoms with E-state index in [0.717, 1.165) is 5.76 Å². The van der Waals surface area contributed by atoms with E-state index in [9.17, 15) is 0 Å². The second-order valence-corrected chi connectivity index (χ2v) is 5.02. The van der Waals surface area contributed by atoms with Crippen molar-refractivity contribution in [3.8, 4) is 0 Å². The lowest BCUT2D eigenvalue weighted by molar-refractivity contribution is 0.355. The van der Waals surface area contributed by atoms with Gasteiger partial charge in [-0.15, -0.1) is 0 Å². The molecule has 1 aliphatic heterocycles. The summed E-state index contributed by atoms with van der Waals surface area (Å²) in [6.45, 7) is 0. The molecule has 3 aliphatic rings. The molecule has 2 aliphatic carbocycles. The normalized spacial score (nSPS) is 25.8. The number of ether oxygens (including phenoxy) is 1. The standard InChI is InChI=1S/C17H10O/c1-2-4-13-11(3-1)5-9-15-14(13)8-6-12-7-10-16-17(12,15)18-16/h1-10H/t17-/m0/s1. The van der Waals surface area contributed by atoms with Crippen molar-refractivity contribution >= 4 is 16.8 Å². The Morgan fingerprint density at radius 1 is 0.889 bits per heavy atom. The molecule has 0 amide bonds. The molecule has 0 unspecified atom stereocenters. The van der Waals surface area contributed by atoms with Gasteiger partial charge in [0.25, 0.3) is 0 Å². The third kappa shape index (κ3) is 0.799. The predicted molar refractivity (Wildman–Crippen MR) is 71.9 cm³/mol. The summed E-state index contributed by atoms with van der Waals surface area (Å²) in [7, 11) is 0. The van der Waals surface area contributed by atoms with E-state index in [1.165, 1.54) is 27.5 Å². The van der Waals surface area contributed by atoms with Gasteiger partial charge < -0.3 is 4.74 Å². The molecule has 0 radical (unpaired) electrons. The molecule has 18 heavy (non-hydrogen) atoms. The van der Waals surface area contributed by atoms with E-state index in [1.807, 2.05) is 0 Å². The Kier molecular flexibility index (Phi) is 1.26. The molecule has 0 aromatic heterocycles. The summed E-state index contributed by atoms with van der Waals surface area (Å²) >= 11 is 0. The summed E-state index contributed by atoms with van der Waals surface area (Å²) in [6, 6.07) is 12.9. The van der Waals surface area contributed by atoms with Gasteiger partial charge in [0.2, 0.25) is 5.60 Å². The molecule has 0 saturated carbocycles. The van der Waals surface area contributed by atoms with Crippen LogP contribution in [0.4, 0.5) is 0 Å². The van der Waals surface area contributed by atoms with E-state index < -0.39 is 0 Å². The average Bonchev–Trinajstić information content (AvgIpc) is 3.03. The first-order chi connectivity index (χ1) is 8.89. The van der Waals surface area contributed by atoms with Crippen molar-refractivity contribution in [2.24, 2.45) is 0 Å². The van der Waals surface area contributed by atoms with Crippen LogP contribution in [-0.4, -0.2) is 0 Å². The smallest absolute Gasteiger partial charge is 0.216 e. The summed E-state index contributed by atoms with van der Waals surface area (Å²) < 4.78 is 5.86. The summed E-state index contributed by atoms with van der Waals surface area (Å²) in [5.41, 5.74) is 3.63. The first-order valence-electron chi connectivity index (χ1n) is 6.22. The van der Waals surface area contributed by atoms with Crippen LogP contribution in [-0.2, 0) is 10.3 Å². The molecule has 1 spiro atoms. The minimum absolute atomic E-state index is 0.228. The molecular formula is C17H10O. The highest BCUT2D eigenvalue weighted by Gasteiger charge is 2.60. The highest BCUT2D eigenvalue weighted by Crippen LogP contribution is 2.61. The maximum atomic E-state index is 5.86. The lowest BCUT2D eigenvalue weighted by Crippen LogP contribution is -2.14. The van der Waals surface area contributed by atoms with Crippen LogP contribution < -0.4 is 0 Å². The molecule has 1 heterocycles. The van der Waals surface area contributed by atoms with Crippen LogP contribution in [0.2, 0.25) is 0 Å². The van der Waals surface area contributed by atoms with Gasteiger partial charge in [-0.1, -0.05) is 54.6 Å². The van der Waals surface area contributed by atoms with Crippen LogP contribution in [0.1, 0.15) is 11.1 Å². The Morgan fingerprint density at radius 3 is 2.78 bits per heavy atom. The van der Waals surface area contributed by atoms with Gasteiger partial charge >= 0.3 is 0 Å². The molecule has 2 aromatic carbocycles. The molecule has 1 saturated heterocycles. The van der Waals surface area contributed by atoms with Crippen LogP contribution in [0.3, 0.4) is 0 Å². The van der Waals surface area contributed by atoms with Crippen molar-refractivity contribution in [1.82, 2.24) is 0 Å². The Labute approximate surface area is 105 Å². The zero-order chi connectivity index (χ0) is 11.7. The average molecular weight is 230 g/mol. The number of hydrogen-bond acceptors (Lipinski definition) is 1. The molecule has 1 heteroatoms. The van der Waals surface area contributed by atoms with Gasteiger partial charge in [0.1, 0.15) is 0 Å². The summed E-state index contributed by atoms with van der Waals surface area (Å²) in [4.78, 5) is 0. The van der Waals surface area contributed by atoms with E-state index in [0.29, 0.717) is 0 Å². The first kappa shape index (κ1) is 8.76. The van der Waals surface area contributed by atoms with Crippen LogP contribution in [0.25, 0.3) is 16.8 Å². The Morgan fingerprint density at radius 2 is 1.83 bits per heavy atom. The second-order valence-electron chi connectivity index (χ2n) is 5.02. The van der Waals surface area contributed by atoms with Crippen LogP contribution >= 0.6 is 0 Å². The van der Waals surface area contributed by atoms with Crippen LogP contribution in [0.15, 0.2) is 66.0 Å². The lowest BCUT2D eigenvalue weighted by atomic mass is 9.82. The largest absolute Gasteiger partial charge is 0.469 e. The molecule has 84 valence electrons. The molecule has 1 nitrogen and oxygen atoms in total. The molecule has 5 rings (SSSR count). The van der Waals surface area contributed by atoms with Gasteiger partial charge in [-0.25, -0.2) is 0 Å². The quantitative estimate of drug-likeness (QED) is 0.625. The fourth-order valence-electron chi connectivity index (χ4n) is 3.25. The summed E-state index contributed by atoms with van der Waals surface area (Å²) in [6.07, 6.45) is 8.65. The Bertz CT molecular complexity index is 807. The molecule has 1 atom stereocenters. The van der Waals surface area contributed by atoms with Gasteiger partial charge in [0.15, 0.2) is 5.76 Å². The van der Waals surface area contributed by atoms with Gasteiger partial charge in [0, 0.05) is 11.1 Å². The lowest BCUT2D eigenvalue weighted by Gasteiger charge is -2.19. The van der Waals surface area contributed by atoms with Gasteiger partial charge in [-0.05, 0) is 22.4 Å². The minimum atomic E-state index is -0.228. The number of benzene rings is 2. The molecule has 2 aromatic rings. The maximum absolute atomic E-state index is 5.86. The first-order valence-corrected chi connectivity index (χ1v) is 6.22. The van der Waals surface area contributed by atoms with Crippen LogP contribution in [0.5, 0.6) is 0 Å². The molecule has 0 bridgehead atoms. The van der Waals surface area contributed by atoms with E-state index in [2.05, 4.69) is 60.7 Å². The minimum Gasteiger partial charge on any atom is -0.469 e. The van der Waals surface area contributed by atoms with Gasteiger partial charge in [0.05, 0.1) is 0 Å². The number of hydrogen-bond donors (Lipinski definition) is 0. The fraction of sp³-hybridized carbons (Fsp3) is 0.0588. The highest BCUT2D eigenvalue weighted by atomic mass is 16.6. The predicted octanol–water partition coefficient (Wildman–Crippen LogP) is 3.92. The summed E-state index contributed by atoms with van der Waals surface area (Å²) in [5.74, 6) is 1.10. The van der Waals surface area contributed by atoms with Crippen LogP contribution in [0, 0.1) is 0 Å². The van der Waals surface area contributed by atoms with E-state index in [4.69, 9.17) is 4.74 Å². The summed E-state index contributed by atoms with van der Waals surface area (Å²) in [5, 5.41) is 2.59. The monoisotopic (exact) mass is 230 g/mol. The highest BCUT2D eigenvalue weighted by molar-refractivity contribution is 5.95. The zero-order valence-electron chi connectivity index (χ0n) is 9.68. The van der Waals surface area contributed by atoms with E-state index >= 15 is 0 Å². The van der Waals surface area contributed by atoms with Crippen molar-refractivity contribution in [2.45, 2.75) is 5.60 Å². The molecular weight excluding hydrogens is 220 g/mol. The topological polar surface area (TPSA) is 12.5 Å². The van der Waals surface area contributed by atoms with Crippen molar-refractivity contribution in [3.05, 3.63) is 77.1 Å². The third-order valence-corrected chi connectivity index (χ3v) is 4.17. The zero-order valence-corrected chi connectivity index (χ0v) is 9.68. The van der Waals surface area contributed by atoms with Crippen molar-refractivity contribution in [1.29, 1.82) is 0 Å². The van der Waals surface area contributed by atoms with E-state index in [-0.39, 0.29) is 5.60 Å². The van der Waals surface area contributed by atoms with Crippen molar-refractivity contribution < 1.29 is 4.74 Å². The fourth-order valence-corrected chi connectivity index (χ4v) is 3.25.